The fraction of sp³-hybridized carbons (Fsp3) is 1.00. The topological polar surface area (TPSA) is 24.5 Å². The highest BCUT2D eigenvalue weighted by Gasteiger charge is 2.42. The molecule has 0 aromatic rings. The molecular formula is C16H28N2O. The van der Waals surface area contributed by atoms with E-state index in [0.29, 0.717) is 0 Å². The van der Waals surface area contributed by atoms with Gasteiger partial charge in [-0.1, -0.05) is 12.8 Å². The summed E-state index contributed by atoms with van der Waals surface area (Å²) in [5.41, 5.74) is 0.268. The first-order chi connectivity index (χ1) is 9.35. The molecule has 0 amide bonds. The standard InChI is InChI=1S/C16H28N2O/c1-2-8-16(7-1)12-13(6-11-19-16)17-14-5-10-18-9-3-4-15(14)18/h13-15,17H,1-12H2. The molecule has 3 heterocycles. The second-order valence-corrected chi connectivity index (χ2v) is 7.24. The molecule has 0 bridgehead atoms. The van der Waals surface area contributed by atoms with Crippen molar-refractivity contribution < 1.29 is 4.74 Å². The van der Waals surface area contributed by atoms with E-state index in [2.05, 4.69) is 10.2 Å². The van der Waals surface area contributed by atoms with Crippen molar-refractivity contribution in [3.05, 3.63) is 0 Å². The minimum Gasteiger partial charge on any atom is -0.375 e. The van der Waals surface area contributed by atoms with Crippen LogP contribution in [-0.4, -0.2) is 48.3 Å². The minimum atomic E-state index is 0.268. The molecule has 1 N–H and O–H groups in total. The van der Waals surface area contributed by atoms with Crippen LogP contribution in [0.25, 0.3) is 0 Å². The van der Waals surface area contributed by atoms with Crippen molar-refractivity contribution in [1.29, 1.82) is 0 Å². The van der Waals surface area contributed by atoms with Crippen LogP contribution in [-0.2, 0) is 4.74 Å². The first-order valence-corrected chi connectivity index (χ1v) is 8.49. The molecule has 0 radical (unpaired) electrons. The Morgan fingerprint density at radius 1 is 1.00 bits per heavy atom. The van der Waals surface area contributed by atoms with Gasteiger partial charge >= 0.3 is 0 Å². The smallest absolute Gasteiger partial charge is 0.0697 e. The maximum atomic E-state index is 6.16. The molecule has 4 rings (SSSR count). The second kappa shape index (κ2) is 5.01. The summed E-state index contributed by atoms with van der Waals surface area (Å²) in [7, 11) is 0. The van der Waals surface area contributed by atoms with Crippen molar-refractivity contribution in [3.8, 4) is 0 Å². The number of fused-ring (bicyclic) bond motifs is 1. The Hall–Kier alpha value is -0.120. The summed E-state index contributed by atoms with van der Waals surface area (Å²) < 4.78 is 6.16. The molecule has 3 aliphatic heterocycles. The Labute approximate surface area is 117 Å². The Bertz CT molecular complexity index is 327. The highest BCUT2D eigenvalue weighted by Crippen LogP contribution is 2.40. The lowest BCUT2D eigenvalue weighted by Crippen LogP contribution is -2.51. The molecule has 0 aromatic carbocycles. The van der Waals surface area contributed by atoms with Crippen LogP contribution in [0.1, 0.15) is 57.8 Å². The van der Waals surface area contributed by atoms with Crippen LogP contribution < -0.4 is 5.32 Å². The number of ether oxygens (including phenoxy) is 1. The van der Waals surface area contributed by atoms with E-state index in [1.54, 1.807) is 0 Å². The zero-order valence-corrected chi connectivity index (χ0v) is 12.1. The summed E-state index contributed by atoms with van der Waals surface area (Å²) in [6.45, 7) is 3.66. The molecule has 3 saturated heterocycles. The average molecular weight is 264 g/mol. The van der Waals surface area contributed by atoms with Gasteiger partial charge < -0.3 is 10.1 Å². The Morgan fingerprint density at radius 2 is 1.89 bits per heavy atom. The van der Waals surface area contributed by atoms with E-state index in [-0.39, 0.29) is 5.60 Å². The molecule has 4 fully saturated rings. The van der Waals surface area contributed by atoms with Crippen molar-refractivity contribution >= 4 is 0 Å². The van der Waals surface area contributed by atoms with Crippen LogP contribution in [0.2, 0.25) is 0 Å². The van der Waals surface area contributed by atoms with Gasteiger partial charge in [0.1, 0.15) is 0 Å². The van der Waals surface area contributed by atoms with Gasteiger partial charge in [0.15, 0.2) is 0 Å². The van der Waals surface area contributed by atoms with Gasteiger partial charge in [-0.05, 0) is 51.5 Å². The number of hydrogen-bond acceptors (Lipinski definition) is 3. The van der Waals surface area contributed by atoms with Crippen molar-refractivity contribution in [3.63, 3.8) is 0 Å². The van der Waals surface area contributed by atoms with Gasteiger partial charge in [0, 0.05) is 31.3 Å². The zero-order valence-electron chi connectivity index (χ0n) is 12.1. The van der Waals surface area contributed by atoms with Crippen molar-refractivity contribution in [2.24, 2.45) is 0 Å². The molecule has 1 aliphatic carbocycles. The van der Waals surface area contributed by atoms with Gasteiger partial charge in [0.25, 0.3) is 0 Å². The van der Waals surface area contributed by atoms with E-state index in [0.717, 1.165) is 24.7 Å². The van der Waals surface area contributed by atoms with Gasteiger partial charge in [0.05, 0.1) is 5.60 Å². The van der Waals surface area contributed by atoms with E-state index in [4.69, 9.17) is 4.74 Å². The monoisotopic (exact) mass is 264 g/mol. The van der Waals surface area contributed by atoms with Crippen molar-refractivity contribution in [2.45, 2.75) is 81.5 Å². The predicted octanol–water partition coefficient (Wildman–Crippen LogP) is 2.30. The maximum absolute atomic E-state index is 6.16. The second-order valence-electron chi connectivity index (χ2n) is 7.24. The average Bonchev–Trinajstić information content (AvgIpc) is 3.09. The largest absolute Gasteiger partial charge is 0.375 e. The third-order valence-corrected chi connectivity index (χ3v) is 6.06. The van der Waals surface area contributed by atoms with Gasteiger partial charge in [-0.25, -0.2) is 0 Å². The van der Waals surface area contributed by atoms with E-state index in [9.17, 15) is 0 Å². The first-order valence-electron chi connectivity index (χ1n) is 8.49. The molecule has 3 atom stereocenters. The van der Waals surface area contributed by atoms with Gasteiger partial charge in [-0.3, -0.25) is 4.90 Å². The number of rotatable bonds is 2. The van der Waals surface area contributed by atoms with Crippen LogP contribution in [0.4, 0.5) is 0 Å². The lowest BCUT2D eigenvalue weighted by molar-refractivity contribution is -0.0849. The molecule has 0 aromatic heterocycles. The van der Waals surface area contributed by atoms with Crippen LogP contribution in [0, 0.1) is 0 Å². The molecule has 19 heavy (non-hydrogen) atoms. The molecule has 108 valence electrons. The minimum absolute atomic E-state index is 0.268. The third kappa shape index (κ3) is 2.34. The summed E-state index contributed by atoms with van der Waals surface area (Å²) in [5, 5.41) is 4.02. The summed E-state index contributed by atoms with van der Waals surface area (Å²) in [6, 6.07) is 2.34. The number of nitrogens with zero attached hydrogens (tertiary/aromatic N) is 1. The maximum Gasteiger partial charge on any atom is 0.0697 e. The highest BCUT2D eigenvalue weighted by molar-refractivity contribution is 4.99. The van der Waals surface area contributed by atoms with Gasteiger partial charge in [-0.15, -0.1) is 0 Å². The summed E-state index contributed by atoms with van der Waals surface area (Å²) in [5.74, 6) is 0. The molecule has 3 unspecified atom stereocenters. The normalized spacial score (nSPS) is 42.0. The van der Waals surface area contributed by atoms with Gasteiger partial charge in [-0.2, -0.15) is 0 Å². The van der Waals surface area contributed by atoms with Gasteiger partial charge in [0.2, 0.25) is 0 Å². The number of hydrogen-bond donors (Lipinski definition) is 1. The first kappa shape index (κ1) is 12.6. The van der Waals surface area contributed by atoms with E-state index < -0.39 is 0 Å². The number of nitrogens with one attached hydrogen (secondary N) is 1. The van der Waals surface area contributed by atoms with Crippen LogP contribution >= 0.6 is 0 Å². The third-order valence-electron chi connectivity index (χ3n) is 6.06. The lowest BCUT2D eigenvalue weighted by Gasteiger charge is -2.40. The summed E-state index contributed by atoms with van der Waals surface area (Å²) in [6.07, 6.45) is 12.1. The molecule has 3 heteroatoms. The molecule has 4 aliphatic rings. The van der Waals surface area contributed by atoms with Crippen molar-refractivity contribution in [1.82, 2.24) is 10.2 Å². The molecule has 1 spiro atoms. The lowest BCUT2D eigenvalue weighted by atomic mass is 9.88. The van der Waals surface area contributed by atoms with E-state index in [1.165, 1.54) is 70.9 Å². The van der Waals surface area contributed by atoms with Crippen LogP contribution in [0.3, 0.4) is 0 Å². The van der Waals surface area contributed by atoms with E-state index in [1.807, 2.05) is 0 Å². The predicted molar refractivity (Wildman–Crippen MR) is 76.3 cm³/mol. The fourth-order valence-corrected chi connectivity index (χ4v) is 5.12. The zero-order chi connectivity index (χ0) is 12.7. The fourth-order valence-electron chi connectivity index (χ4n) is 5.12. The Morgan fingerprint density at radius 3 is 2.79 bits per heavy atom. The summed E-state index contributed by atoms with van der Waals surface area (Å²) >= 11 is 0. The Kier molecular flexibility index (Phi) is 3.33. The SMILES string of the molecule is C1CC2C(NC3CCOC4(CCCC4)C3)CCN2C1. The molecule has 3 nitrogen and oxygen atoms in total. The van der Waals surface area contributed by atoms with Crippen LogP contribution in [0.15, 0.2) is 0 Å². The Balaban J connectivity index is 1.37. The quantitative estimate of drug-likeness (QED) is 0.828. The van der Waals surface area contributed by atoms with Crippen LogP contribution in [0.5, 0.6) is 0 Å². The molecule has 1 saturated carbocycles. The van der Waals surface area contributed by atoms with E-state index >= 15 is 0 Å². The summed E-state index contributed by atoms with van der Waals surface area (Å²) in [4.78, 5) is 2.71. The molecular weight excluding hydrogens is 236 g/mol. The van der Waals surface area contributed by atoms with Crippen molar-refractivity contribution in [2.75, 3.05) is 19.7 Å². The highest BCUT2D eigenvalue weighted by atomic mass is 16.5.